The first kappa shape index (κ1) is 16.3. The van der Waals surface area contributed by atoms with Crippen LogP contribution in [0.3, 0.4) is 0 Å². The minimum Gasteiger partial charge on any atom is -0.479 e. The maximum Gasteiger partial charge on any atom is 0.263 e. The molecule has 0 aromatic heterocycles. The van der Waals surface area contributed by atoms with Crippen LogP contribution in [0.1, 0.15) is 12.0 Å². The largest absolute Gasteiger partial charge is 0.479 e. The fourth-order valence-electron chi connectivity index (χ4n) is 2.26. The van der Waals surface area contributed by atoms with E-state index in [0.717, 1.165) is 35.3 Å². The van der Waals surface area contributed by atoms with Gasteiger partial charge in [0.05, 0.1) is 11.1 Å². The molecule has 1 amide bonds. The molecule has 1 saturated heterocycles. The van der Waals surface area contributed by atoms with Crippen molar-refractivity contribution in [3.63, 3.8) is 0 Å². The van der Waals surface area contributed by atoms with Gasteiger partial charge in [-0.15, -0.1) is 0 Å². The fraction of sp³-hybridized carbons (Fsp3) is 0.533. The van der Waals surface area contributed by atoms with Crippen molar-refractivity contribution in [3.8, 4) is 5.75 Å². The van der Waals surface area contributed by atoms with Gasteiger partial charge in [0.25, 0.3) is 5.91 Å². The number of hydrogen-bond acceptors (Lipinski definition) is 4. The van der Waals surface area contributed by atoms with Gasteiger partial charge in [-0.3, -0.25) is 4.79 Å². The van der Waals surface area contributed by atoms with Crippen molar-refractivity contribution >= 4 is 21.8 Å². The molecule has 5 nitrogen and oxygen atoms in total. The van der Waals surface area contributed by atoms with Gasteiger partial charge in [0.1, 0.15) is 5.75 Å². The number of carbonyl (C=O) groups is 1. The molecule has 1 aromatic carbocycles. The molecule has 1 unspecified atom stereocenters. The second kappa shape index (κ2) is 7.77. The number of para-hydroxylation sites is 1. The van der Waals surface area contributed by atoms with Gasteiger partial charge < -0.3 is 19.7 Å². The van der Waals surface area contributed by atoms with Gasteiger partial charge in [0.15, 0.2) is 6.10 Å². The average Bonchev–Trinajstić information content (AvgIpc) is 2.78. The Labute approximate surface area is 133 Å². The highest BCUT2D eigenvalue weighted by Gasteiger charge is 2.31. The van der Waals surface area contributed by atoms with E-state index in [-0.39, 0.29) is 12.0 Å². The Morgan fingerprint density at radius 3 is 2.95 bits per heavy atom. The number of likely N-dealkylation sites (tertiary alicyclic amines) is 1. The summed E-state index contributed by atoms with van der Waals surface area (Å²) in [5.74, 6) is 0.792. The summed E-state index contributed by atoms with van der Waals surface area (Å²) in [6.07, 6.45) is 0.346. The Balaban J connectivity index is 2.05. The summed E-state index contributed by atoms with van der Waals surface area (Å²) in [6, 6.07) is 5.90. The molecular weight excluding hydrogens is 336 g/mol. The van der Waals surface area contributed by atoms with Crippen molar-refractivity contribution < 1.29 is 14.3 Å². The van der Waals surface area contributed by atoms with Crippen molar-refractivity contribution in [2.75, 3.05) is 33.9 Å². The van der Waals surface area contributed by atoms with E-state index in [2.05, 4.69) is 21.2 Å². The number of hydrogen-bond donors (Lipinski definition) is 1. The molecule has 1 N–H and O–H groups in total. The lowest BCUT2D eigenvalue weighted by Gasteiger charge is -2.17. The van der Waals surface area contributed by atoms with E-state index in [1.165, 1.54) is 0 Å². The van der Waals surface area contributed by atoms with E-state index in [9.17, 15) is 4.79 Å². The average molecular weight is 357 g/mol. The zero-order valence-electron chi connectivity index (χ0n) is 12.4. The van der Waals surface area contributed by atoms with Crippen LogP contribution in [0.25, 0.3) is 0 Å². The lowest BCUT2D eigenvalue weighted by molar-refractivity contribution is -0.132. The fourth-order valence-corrected chi connectivity index (χ4v) is 2.76. The van der Waals surface area contributed by atoms with Crippen molar-refractivity contribution in [1.82, 2.24) is 10.2 Å². The maximum absolute atomic E-state index is 12.0. The van der Waals surface area contributed by atoms with E-state index >= 15 is 0 Å². The number of methoxy groups -OCH3 is 1. The molecule has 2 rings (SSSR count). The van der Waals surface area contributed by atoms with E-state index in [4.69, 9.17) is 9.47 Å². The van der Waals surface area contributed by atoms with Crippen molar-refractivity contribution in [2.45, 2.75) is 19.1 Å². The molecule has 116 valence electrons. The van der Waals surface area contributed by atoms with Gasteiger partial charge in [-0.2, -0.15) is 0 Å². The molecule has 0 aliphatic carbocycles. The van der Waals surface area contributed by atoms with E-state index in [0.29, 0.717) is 13.2 Å². The maximum atomic E-state index is 12.0. The summed E-state index contributed by atoms with van der Waals surface area (Å²) in [5.41, 5.74) is 1.03. The summed E-state index contributed by atoms with van der Waals surface area (Å²) in [7, 11) is 3.48. The monoisotopic (exact) mass is 356 g/mol. The lowest BCUT2D eigenvalue weighted by atomic mass is 10.2. The molecule has 1 fully saturated rings. The Hall–Kier alpha value is -1.11. The Kier molecular flexibility index (Phi) is 6.02. The lowest BCUT2D eigenvalue weighted by Crippen LogP contribution is -2.30. The predicted octanol–water partition coefficient (Wildman–Crippen LogP) is 1.79. The molecule has 21 heavy (non-hydrogen) atoms. The third kappa shape index (κ3) is 4.18. The number of rotatable bonds is 7. The third-order valence-electron chi connectivity index (χ3n) is 3.49. The second-order valence-corrected chi connectivity index (χ2v) is 5.91. The van der Waals surface area contributed by atoms with Crippen molar-refractivity contribution in [1.29, 1.82) is 0 Å². The standard InChI is InChI=1S/C15H21BrN2O3/c1-18-8-6-13(15(18)19)21-14-11(4-3-5-12(14)16)10-17-7-9-20-2/h3-5,13,17H,6-10H2,1-2H3. The van der Waals surface area contributed by atoms with Crippen LogP contribution in [0, 0.1) is 0 Å². The van der Waals surface area contributed by atoms with Crippen molar-refractivity contribution in [3.05, 3.63) is 28.2 Å². The highest BCUT2D eigenvalue weighted by molar-refractivity contribution is 9.10. The molecule has 0 radical (unpaired) electrons. The van der Waals surface area contributed by atoms with Crippen LogP contribution >= 0.6 is 15.9 Å². The van der Waals surface area contributed by atoms with E-state index in [1.54, 1.807) is 19.1 Å². The van der Waals surface area contributed by atoms with Gasteiger partial charge in [0, 0.05) is 45.8 Å². The minimum atomic E-state index is -0.383. The second-order valence-electron chi connectivity index (χ2n) is 5.05. The van der Waals surface area contributed by atoms with E-state index < -0.39 is 0 Å². The first-order valence-electron chi connectivity index (χ1n) is 7.02. The van der Waals surface area contributed by atoms with Gasteiger partial charge in [-0.1, -0.05) is 12.1 Å². The summed E-state index contributed by atoms with van der Waals surface area (Å²) >= 11 is 3.51. The predicted molar refractivity (Wildman–Crippen MR) is 84.4 cm³/mol. The number of carbonyl (C=O) groups excluding carboxylic acids is 1. The molecule has 0 bridgehead atoms. The molecule has 1 aliphatic rings. The Morgan fingerprint density at radius 1 is 1.48 bits per heavy atom. The molecule has 1 aromatic rings. The van der Waals surface area contributed by atoms with Gasteiger partial charge in [-0.25, -0.2) is 0 Å². The zero-order chi connectivity index (χ0) is 15.2. The quantitative estimate of drug-likeness (QED) is 0.756. The van der Waals surface area contributed by atoms with Crippen LogP contribution in [0.5, 0.6) is 5.75 Å². The molecule has 0 saturated carbocycles. The number of benzene rings is 1. The molecule has 1 atom stereocenters. The summed E-state index contributed by atoms with van der Waals surface area (Å²) in [5, 5.41) is 3.29. The zero-order valence-corrected chi connectivity index (χ0v) is 14.0. The number of amides is 1. The van der Waals surface area contributed by atoms with Gasteiger partial charge >= 0.3 is 0 Å². The summed E-state index contributed by atoms with van der Waals surface area (Å²) in [4.78, 5) is 13.7. The summed E-state index contributed by atoms with van der Waals surface area (Å²) in [6.45, 7) is 2.86. The summed E-state index contributed by atoms with van der Waals surface area (Å²) < 4.78 is 11.9. The number of likely N-dealkylation sites (N-methyl/N-ethyl adjacent to an activating group) is 1. The topological polar surface area (TPSA) is 50.8 Å². The number of halogens is 1. The van der Waals surface area contributed by atoms with E-state index in [1.807, 2.05) is 18.2 Å². The Morgan fingerprint density at radius 2 is 2.29 bits per heavy atom. The molecular formula is C15H21BrN2O3. The van der Waals surface area contributed by atoms with Crippen LogP contribution in [-0.2, 0) is 16.1 Å². The van der Waals surface area contributed by atoms with Crippen LogP contribution in [0.4, 0.5) is 0 Å². The van der Waals surface area contributed by atoms with Crippen LogP contribution in [-0.4, -0.2) is 50.8 Å². The first-order valence-corrected chi connectivity index (χ1v) is 7.81. The normalized spacial score (nSPS) is 18.3. The van der Waals surface area contributed by atoms with Crippen molar-refractivity contribution in [2.24, 2.45) is 0 Å². The molecule has 1 heterocycles. The number of ether oxygens (including phenoxy) is 2. The smallest absolute Gasteiger partial charge is 0.263 e. The first-order chi connectivity index (χ1) is 10.1. The Bertz CT molecular complexity index is 496. The minimum absolute atomic E-state index is 0.0454. The number of nitrogens with zero attached hydrogens (tertiary/aromatic N) is 1. The van der Waals surface area contributed by atoms with Crippen LogP contribution in [0.15, 0.2) is 22.7 Å². The van der Waals surface area contributed by atoms with Crippen LogP contribution in [0.2, 0.25) is 0 Å². The van der Waals surface area contributed by atoms with Gasteiger partial charge in [0.2, 0.25) is 0 Å². The third-order valence-corrected chi connectivity index (χ3v) is 4.11. The van der Waals surface area contributed by atoms with Crippen LogP contribution < -0.4 is 10.1 Å². The SMILES string of the molecule is COCCNCc1cccc(Br)c1OC1CCN(C)C1=O. The molecule has 1 aliphatic heterocycles. The number of nitrogens with one attached hydrogen (secondary N) is 1. The molecule has 0 spiro atoms. The molecule has 6 heteroatoms. The highest BCUT2D eigenvalue weighted by atomic mass is 79.9. The highest BCUT2D eigenvalue weighted by Crippen LogP contribution is 2.31. The van der Waals surface area contributed by atoms with Gasteiger partial charge in [-0.05, 0) is 22.0 Å².